The van der Waals surface area contributed by atoms with E-state index in [1.54, 1.807) is 107 Å². The second kappa shape index (κ2) is 42.3. The molecule has 0 aliphatic carbocycles. The molecule has 31 heteroatoms. The second-order valence-electron chi connectivity index (χ2n) is 15.3. The number of aromatic nitrogens is 8. The van der Waals surface area contributed by atoms with E-state index in [2.05, 4.69) is 87.3 Å². The Morgan fingerprint density at radius 3 is 1.16 bits per heavy atom. The SMILES string of the molecule is Brc1ccccn1.CC(C)O.CC(C)O.O=S(=O)([O-])C(F)(F)F.[C-]#[N+]c1nc(C#N)c[c-]c1-c1ccccn1.[C-]#[N+]c1nc(C#N)c[c-]c1-c1ccccn1.[C-]#[N+]c1nc(C#N)ccc1-c1ccccn1.[C-]#[N+]c1nc(C#N)ccc1B(O)O.[Ir].[Ir]. The molecule has 0 saturated heterocycles. The van der Waals surface area contributed by atoms with Gasteiger partial charge in [-0.1, -0.05) is 87.0 Å². The van der Waals surface area contributed by atoms with Gasteiger partial charge >= 0.3 is 24.3 Å². The van der Waals surface area contributed by atoms with Gasteiger partial charge in [0.25, 0.3) is 11.6 Å². The molecule has 0 atom stereocenters. The number of hydrogen-bond acceptors (Lipinski definition) is 19. The zero-order chi connectivity index (χ0) is 63.3. The molecule has 8 rings (SSSR count). The first-order valence-electron chi connectivity index (χ1n) is 22.9. The van der Waals surface area contributed by atoms with Gasteiger partial charge in [-0.25, -0.2) is 13.4 Å². The number of nitriles is 4. The van der Waals surface area contributed by atoms with Gasteiger partial charge in [-0.2, -0.15) is 34.2 Å². The molecule has 8 aromatic rings. The first kappa shape index (κ1) is 78.6. The van der Waals surface area contributed by atoms with Crippen molar-refractivity contribution >= 4 is 61.9 Å². The van der Waals surface area contributed by atoms with Crippen LogP contribution in [0.25, 0.3) is 53.2 Å². The van der Waals surface area contributed by atoms with Gasteiger partial charge < -0.3 is 54.2 Å². The van der Waals surface area contributed by atoms with Gasteiger partial charge in [0.05, 0.1) is 17.8 Å². The molecule has 0 bridgehead atoms. The molecule has 0 aromatic carbocycles. The van der Waals surface area contributed by atoms with Gasteiger partial charge in [-0.05, 0) is 115 Å². The van der Waals surface area contributed by atoms with Crippen molar-refractivity contribution in [1.29, 1.82) is 21.0 Å². The first-order chi connectivity index (χ1) is 39.8. The monoisotopic (exact) mass is 1600 g/mol. The van der Waals surface area contributed by atoms with Crippen LogP contribution in [-0.4, -0.2) is 97.9 Å². The van der Waals surface area contributed by atoms with E-state index in [1.165, 1.54) is 24.3 Å². The van der Waals surface area contributed by atoms with Crippen molar-refractivity contribution < 1.29 is 86.6 Å². The van der Waals surface area contributed by atoms with Gasteiger partial charge in [0.1, 0.15) is 16.7 Å². The summed E-state index contributed by atoms with van der Waals surface area (Å²) < 4.78 is 59.8. The molecule has 0 saturated carbocycles. The number of pyridine rings is 8. The third kappa shape index (κ3) is 30.2. The van der Waals surface area contributed by atoms with Gasteiger partial charge in [0.15, 0.2) is 21.5 Å². The first-order valence-corrected chi connectivity index (χ1v) is 25.1. The van der Waals surface area contributed by atoms with Crippen molar-refractivity contribution in [2.24, 2.45) is 0 Å². The molecule has 0 spiro atoms. The third-order valence-electron chi connectivity index (χ3n) is 8.24. The predicted molar refractivity (Wildman–Crippen MR) is 300 cm³/mol. The average Bonchev–Trinajstić information content (AvgIpc) is 3.10. The topological polar surface area (TPSA) is 354 Å². The number of nitrogens with zero attached hydrogens (tertiary/aromatic N) is 16. The standard InChI is InChI=1S/C12H6N4.2C12H5N4.C7H4BN3O2.C5H4BrN.2C3H8O.CHF3O3S.2Ir/c3*1-14-12-10(6-5-9(8-13)16-12)11-4-2-3-7-15-11;1-10-7-6(8(12)13)3-2-5(4-9)11-7;6-5-3-1-2-4-7-5;2*1-3(2)4;2-1(3,4)8(5,6)7;;/h2-7H;2*2-5,7H;2-3,12-13H;1-4H;2*3-4H,1-2H3;(H,5,6,7);;/q;2*-1;;;;;;;/p-1. The molecule has 0 aliphatic heterocycles. The molecule has 0 aliphatic rings. The summed E-state index contributed by atoms with van der Waals surface area (Å²) in [4.78, 5) is 44.4. The number of alkyl halides is 3. The van der Waals surface area contributed by atoms with Gasteiger partial charge in [-0.3, -0.25) is 4.98 Å². The molecule has 86 heavy (non-hydrogen) atoms. The van der Waals surface area contributed by atoms with Crippen LogP contribution in [0.5, 0.6) is 0 Å². The van der Waals surface area contributed by atoms with E-state index in [-0.39, 0.29) is 104 Å². The molecular formula is C55H40BBrF3Ir2N16O7S-3. The number of aliphatic hydroxyl groups excluding tert-OH is 2. The summed E-state index contributed by atoms with van der Waals surface area (Å²) in [6, 6.07) is 43.9. The Bertz CT molecular complexity index is 3590. The van der Waals surface area contributed by atoms with Crippen LogP contribution in [0.3, 0.4) is 0 Å². The number of aliphatic hydroxyl groups is 2. The van der Waals surface area contributed by atoms with E-state index >= 15 is 0 Å². The fourth-order valence-electron chi connectivity index (χ4n) is 4.96. The Morgan fingerprint density at radius 1 is 0.558 bits per heavy atom. The van der Waals surface area contributed by atoms with E-state index in [4.69, 9.17) is 80.6 Å². The van der Waals surface area contributed by atoms with Crippen LogP contribution in [0.15, 0.2) is 139 Å². The molecule has 0 unspecified atom stereocenters. The molecule has 440 valence electrons. The predicted octanol–water partition coefficient (Wildman–Crippen LogP) is 9.15. The van der Waals surface area contributed by atoms with Gasteiger partial charge in [0.2, 0.25) is 11.4 Å². The van der Waals surface area contributed by atoms with Gasteiger partial charge in [-0.15, -0.1) is 32.1 Å². The van der Waals surface area contributed by atoms with E-state index < -0.39 is 22.7 Å². The maximum atomic E-state index is 10.7. The molecule has 4 N–H and O–H groups in total. The van der Waals surface area contributed by atoms with Crippen molar-refractivity contribution in [3.8, 4) is 58.0 Å². The Labute approximate surface area is 528 Å². The van der Waals surface area contributed by atoms with Crippen molar-refractivity contribution in [1.82, 2.24) is 39.9 Å². The van der Waals surface area contributed by atoms with E-state index in [9.17, 15) is 13.2 Å². The average molecular weight is 1600 g/mol. The number of halogens is 4. The minimum Gasteiger partial charge on any atom is -0.741 e. The fraction of sp³-hybridized carbons (Fsp3) is 0.127. The quantitative estimate of drug-likeness (QED) is 0.0419. The van der Waals surface area contributed by atoms with Crippen LogP contribution >= 0.6 is 15.9 Å². The van der Waals surface area contributed by atoms with Crippen LogP contribution in [-0.2, 0) is 50.3 Å². The summed E-state index contributed by atoms with van der Waals surface area (Å²) in [5.74, 6) is 0.349. The molecule has 8 aromatic heterocycles. The largest absolute Gasteiger partial charge is 0.741 e. The van der Waals surface area contributed by atoms with Crippen molar-refractivity contribution in [2.45, 2.75) is 45.4 Å². The van der Waals surface area contributed by atoms with Crippen molar-refractivity contribution in [3.05, 3.63) is 219 Å². The molecule has 8 heterocycles. The second-order valence-corrected chi connectivity index (χ2v) is 17.5. The Hall–Kier alpha value is -9.50. The maximum Gasteiger partial charge on any atom is 0.485 e. The normalized spacial score (nSPS) is 9.24. The van der Waals surface area contributed by atoms with Crippen molar-refractivity contribution in [2.75, 3.05) is 0 Å². The molecule has 23 nitrogen and oxygen atoms in total. The Balaban J connectivity index is 0. The van der Waals surface area contributed by atoms with Crippen LogP contribution in [0.1, 0.15) is 50.5 Å². The van der Waals surface area contributed by atoms with E-state index in [0.29, 0.717) is 33.8 Å². The smallest absolute Gasteiger partial charge is 0.485 e. The zero-order valence-electron chi connectivity index (χ0n) is 44.7. The maximum absolute atomic E-state index is 10.7. The van der Waals surface area contributed by atoms with Crippen LogP contribution in [0, 0.1) is 83.7 Å². The molecular weight excluding hydrogens is 1560 g/mol. The summed E-state index contributed by atoms with van der Waals surface area (Å²) in [6.07, 6.45) is 6.33. The molecule has 0 amide bonds. The summed E-state index contributed by atoms with van der Waals surface area (Å²) in [7, 11) is -7.82. The van der Waals surface area contributed by atoms with E-state index in [0.717, 1.165) is 4.60 Å². The Morgan fingerprint density at radius 2 is 0.884 bits per heavy atom. The summed E-state index contributed by atoms with van der Waals surface area (Å²) in [5, 5.41) is 68.2. The number of rotatable bonds is 4. The van der Waals surface area contributed by atoms with Crippen molar-refractivity contribution in [3.63, 3.8) is 0 Å². The number of hydrogen-bond donors (Lipinski definition) is 4. The van der Waals surface area contributed by atoms with Crippen LogP contribution in [0.4, 0.5) is 36.4 Å². The summed E-state index contributed by atoms with van der Waals surface area (Å²) in [5.41, 5.74) is -1.31. The summed E-state index contributed by atoms with van der Waals surface area (Å²) in [6.45, 7) is 34.6. The summed E-state index contributed by atoms with van der Waals surface area (Å²) >= 11 is 3.20. The Kier molecular flexibility index (Phi) is 38.7. The van der Waals surface area contributed by atoms with E-state index in [1.807, 2.05) is 54.6 Å². The zero-order valence-corrected chi connectivity index (χ0v) is 51.9. The third-order valence-corrected chi connectivity index (χ3v) is 9.28. The van der Waals surface area contributed by atoms with Crippen LogP contribution < -0.4 is 5.46 Å². The fourth-order valence-corrected chi connectivity index (χ4v) is 5.23. The van der Waals surface area contributed by atoms with Gasteiger partial charge in [0, 0.05) is 88.2 Å². The minimum absolute atomic E-state index is 0. The molecule has 0 fully saturated rings. The van der Waals surface area contributed by atoms with Crippen LogP contribution in [0.2, 0.25) is 0 Å². The molecule has 2 radical (unpaired) electrons. The minimum atomic E-state index is -6.09.